The molecule has 1 amide bonds. The lowest BCUT2D eigenvalue weighted by Gasteiger charge is -2.18. The average Bonchev–Trinajstić information content (AvgIpc) is 2.95. The molecule has 3 aromatic rings. The minimum atomic E-state index is -0.403. The van der Waals surface area contributed by atoms with E-state index in [0.717, 1.165) is 12.0 Å². The molecule has 0 saturated carbocycles. The van der Waals surface area contributed by atoms with Crippen LogP contribution in [0.4, 0.5) is 4.39 Å². The molecule has 0 unspecified atom stereocenters. The second-order valence-corrected chi connectivity index (χ2v) is 6.61. The molecule has 4 rings (SSSR count). The first-order valence-corrected chi connectivity index (χ1v) is 8.94. The quantitative estimate of drug-likeness (QED) is 0.767. The van der Waals surface area contributed by atoms with E-state index in [0.29, 0.717) is 29.8 Å². The lowest BCUT2D eigenvalue weighted by Crippen LogP contribution is -2.28. The smallest absolute Gasteiger partial charge is 0.255 e. The fraction of sp³-hybridized carbons (Fsp3) is 0.238. The van der Waals surface area contributed by atoms with Gasteiger partial charge in [-0.25, -0.2) is 4.39 Å². The second-order valence-electron chi connectivity index (χ2n) is 6.61. The van der Waals surface area contributed by atoms with Gasteiger partial charge in [-0.1, -0.05) is 42.5 Å². The Hall–Kier alpha value is -3.15. The number of hydrogen-bond donors (Lipinski definition) is 1. The van der Waals surface area contributed by atoms with Crippen molar-refractivity contribution >= 4 is 5.91 Å². The summed E-state index contributed by atoms with van der Waals surface area (Å²) in [5, 5.41) is 7.49. The van der Waals surface area contributed by atoms with Crippen molar-refractivity contribution in [1.29, 1.82) is 0 Å². The third-order valence-corrected chi connectivity index (χ3v) is 4.68. The Bertz CT molecular complexity index is 969. The summed E-state index contributed by atoms with van der Waals surface area (Å²) in [6.07, 6.45) is 3.12. The fourth-order valence-corrected chi connectivity index (χ4v) is 3.42. The van der Waals surface area contributed by atoms with Gasteiger partial charge in [0.1, 0.15) is 5.69 Å². The molecule has 1 aromatic heterocycles. The van der Waals surface area contributed by atoms with Crippen LogP contribution < -0.4 is 10.1 Å². The van der Waals surface area contributed by atoms with Crippen LogP contribution in [-0.2, 0) is 7.05 Å². The maximum atomic E-state index is 14.1. The monoisotopic (exact) mass is 365 g/mol. The number of nitrogens with one attached hydrogen (secondary N) is 1. The normalized spacial score (nSPS) is 16.1. The Morgan fingerprint density at radius 1 is 1.22 bits per heavy atom. The number of carbonyl (C=O) groups excluding carboxylic acids is 1. The molecule has 0 fully saturated rings. The fourth-order valence-electron chi connectivity index (χ4n) is 3.42. The molecule has 1 atom stereocenters. The van der Waals surface area contributed by atoms with Crippen molar-refractivity contribution < 1.29 is 13.9 Å². The van der Waals surface area contributed by atoms with Gasteiger partial charge in [0.15, 0.2) is 11.6 Å². The van der Waals surface area contributed by atoms with Gasteiger partial charge in [0, 0.05) is 24.4 Å². The molecule has 1 N–H and O–H groups in total. The predicted molar refractivity (Wildman–Crippen MR) is 100.0 cm³/mol. The molecule has 138 valence electrons. The van der Waals surface area contributed by atoms with Gasteiger partial charge < -0.3 is 10.1 Å². The van der Waals surface area contributed by atoms with Crippen LogP contribution in [0.2, 0.25) is 0 Å². The van der Waals surface area contributed by atoms with E-state index in [9.17, 15) is 9.18 Å². The molecule has 0 aliphatic carbocycles. The first-order valence-electron chi connectivity index (χ1n) is 8.94. The van der Waals surface area contributed by atoms with Crippen LogP contribution in [0.1, 0.15) is 34.8 Å². The summed E-state index contributed by atoms with van der Waals surface area (Å²) in [6, 6.07) is 14.1. The SMILES string of the molecule is Cn1cc(C(=O)N[C@H]2CCCOc3c(F)cccc32)c(-c2ccccc2)n1. The number of amides is 1. The number of hydrogen-bond acceptors (Lipinski definition) is 3. The third kappa shape index (κ3) is 3.43. The van der Waals surface area contributed by atoms with Crippen LogP contribution in [0.5, 0.6) is 5.75 Å². The molecule has 0 saturated heterocycles. The van der Waals surface area contributed by atoms with Crippen LogP contribution >= 0.6 is 0 Å². The lowest BCUT2D eigenvalue weighted by atomic mass is 10.0. The van der Waals surface area contributed by atoms with Crippen molar-refractivity contribution in [2.75, 3.05) is 6.61 Å². The van der Waals surface area contributed by atoms with Crippen LogP contribution in [0.25, 0.3) is 11.3 Å². The first-order chi connectivity index (χ1) is 13.1. The minimum absolute atomic E-state index is 0.231. The van der Waals surface area contributed by atoms with Crippen molar-refractivity contribution in [2.24, 2.45) is 7.05 Å². The second kappa shape index (κ2) is 7.23. The number of aromatic nitrogens is 2. The van der Waals surface area contributed by atoms with Gasteiger partial charge in [-0.3, -0.25) is 9.48 Å². The summed E-state index contributed by atoms with van der Waals surface area (Å²) < 4.78 is 21.3. The van der Waals surface area contributed by atoms with E-state index in [1.807, 2.05) is 30.3 Å². The highest BCUT2D eigenvalue weighted by molar-refractivity contribution is 6.00. The van der Waals surface area contributed by atoms with E-state index in [1.165, 1.54) is 6.07 Å². The number of carbonyl (C=O) groups is 1. The maximum absolute atomic E-state index is 14.1. The summed E-state index contributed by atoms with van der Waals surface area (Å²) >= 11 is 0. The minimum Gasteiger partial charge on any atom is -0.490 e. The van der Waals surface area contributed by atoms with Crippen LogP contribution in [-0.4, -0.2) is 22.3 Å². The summed E-state index contributed by atoms with van der Waals surface area (Å²) in [4.78, 5) is 13.0. The topological polar surface area (TPSA) is 56.2 Å². The van der Waals surface area contributed by atoms with Crippen LogP contribution in [0.15, 0.2) is 54.7 Å². The number of halogens is 1. The molecule has 5 nitrogen and oxygen atoms in total. The van der Waals surface area contributed by atoms with Crippen molar-refractivity contribution in [3.63, 3.8) is 0 Å². The predicted octanol–water partition coefficient (Wildman–Crippen LogP) is 3.87. The van der Waals surface area contributed by atoms with Crippen molar-refractivity contribution in [2.45, 2.75) is 18.9 Å². The van der Waals surface area contributed by atoms with E-state index in [4.69, 9.17) is 4.74 Å². The molecular formula is C21H20FN3O2. The Morgan fingerprint density at radius 3 is 2.85 bits per heavy atom. The Kier molecular flexibility index (Phi) is 4.62. The zero-order valence-electron chi connectivity index (χ0n) is 15.0. The number of rotatable bonds is 3. The zero-order valence-corrected chi connectivity index (χ0v) is 15.0. The molecule has 0 bridgehead atoms. The molecule has 27 heavy (non-hydrogen) atoms. The van der Waals surface area contributed by atoms with Crippen LogP contribution in [0.3, 0.4) is 0 Å². The largest absolute Gasteiger partial charge is 0.490 e. The molecular weight excluding hydrogens is 345 g/mol. The lowest BCUT2D eigenvalue weighted by molar-refractivity contribution is 0.0935. The van der Waals surface area contributed by atoms with Crippen molar-refractivity contribution in [3.8, 4) is 17.0 Å². The van der Waals surface area contributed by atoms with Gasteiger partial charge in [0.2, 0.25) is 0 Å². The zero-order chi connectivity index (χ0) is 18.8. The van der Waals surface area contributed by atoms with Crippen LogP contribution in [0, 0.1) is 5.82 Å². The Balaban J connectivity index is 1.65. The summed E-state index contributed by atoms with van der Waals surface area (Å²) in [5.74, 6) is -0.404. The standard InChI is InChI=1S/C21H20FN3O2/c1-25-13-16(19(24-25)14-7-3-2-4-8-14)21(26)23-18-11-6-12-27-20-15(18)9-5-10-17(20)22/h2-5,7-10,13,18H,6,11-12H2,1H3,(H,23,26)/t18-/m0/s1. The number of nitrogens with zero attached hydrogens (tertiary/aromatic N) is 2. The Labute approximate surface area is 156 Å². The maximum Gasteiger partial charge on any atom is 0.255 e. The molecule has 1 aliphatic heterocycles. The summed E-state index contributed by atoms with van der Waals surface area (Å²) in [7, 11) is 1.79. The number of benzene rings is 2. The number of ether oxygens (including phenoxy) is 1. The first kappa shape index (κ1) is 17.3. The van der Waals surface area contributed by atoms with Gasteiger partial charge >= 0.3 is 0 Å². The highest BCUT2D eigenvalue weighted by atomic mass is 19.1. The Morgan fingerprint density at radius 2 is 2.04 bits per heavy atom. The highest BCUT2D eigenvalue weighted by Crippen LogP contribution is 2.34. The van der Waals surface area contributed by atoms with E-state index < -0.39 is 5.82 Å². The van der Waals surface area contributed by atoms with E-state index >= 15 is 0 Å². The molecule has 6 heteroatoms. The summed E-state index contributed by atoms with van der Waals surface area (Å²) in [5.41, 5.74) is 2.66. The van der Waals surface area contributed by atoms with E-state index in [-0.39, 0.29) is 17.7 Å². The van der Waals surface area contributed by atoms with E-state index in [1.54, 1.807) is 30.1 Å². The van der Waals surface area contributed by atoms with Gasteiger partial charge in [-0.15, -0.1) is 0 Å². The molecule has 2 aromatic carbocycles. The number of para-hydroxylation sites is 1. The number of fused-ring (bicyclic) bond motifs is 1. The van der Waals surface area contributed by atoms with Crippen molar-refractivity contribution in [3.05, 3.63) is 71.7 Å². The third-order valence-electron chi connectivity index (χ3n) is 4.68. The van der Waals surface area contributed by atoms with Crippen molar-refractivity contribution in [1.82, 2.24) is 15.1 Å². The van der Waals surface area contributed by atoms with Gasteiger partial charge in [-0.2, -0.15) is 5.10 Å². The molecule has 0 radical (unpaired) electrons. The molecule has 2 heterocycles. The average molecular weight is 365 g/mol. The van der Waals surface area contributed by atoms with E-state index in [2.05, 4.69) is 10.4 Å². The number of aryl methyl sites for hydroxylation is 1. The molecule has 0 spiro atoms. The molecule has 1 aliphatic rings. The highest BCUT2D eigenvalue weighted by Gasteiger charge is 2.26. The van der Waals surface area contributed by atoms with Gasteiger partial charge in [0.25, 0.3) is 5.91 Å². The van der Waals surface area contributed by atoms with Gasteiger partial charge in [0.05, 0.1) is 18.2 Å². The van der Waals surface area contributed by atoms with Gasteiger partial charge in [-0.05, 0) is 18.9 Å². The summed E-state index contributed by atoms with van der Waals surface area (Å²) in [6.45, 7) is 0.433.